The van der Waals surface area contributed by atoms with E-state index >= 15 is 0 Å². The molecule has 1 aromatic heterocycles. The number of rotatable bonds is 6. The molecule has 2 aromatic rings. The lowest BCUT2D eigenvalue weighted by Crippen LogP contribution is -2.17. The number of thiazole rings is 1. The number of nitrogens with one attached hydrogen (secondary N) is 1. The van der Waals surface area contributed by atoms with Gasteiger partial charge in [0.2, 0.25) is 0 Å². The minimum Gasteiger partial charge on any atom is -0.383 e. The van der Waals surface area contributed by atoms with Crippen LogP contribution in [0.4, 0.5) is 5.13 Å². The molecule has 106 valence electrons. The molecule has 1 aromatic carbocycles. The van der Waals surface area contributed by atoms with Crippen LogP contribution in [0.25, 0.3) is 0 Å². The number of anilines is 1. The number of methoxy groups -OCH3 is 1. The summed E-state index contributed by atoms with van der Waals surface area (Å²) in [5.74, 6) is 0. The number of aromatic nitrogens is 1. The zero-order valence-corrected chi connectivity index (χ0v) is 12.4. The zero-order valence-electron chi connectivity index (χ0n) is 11.6. The second-order valence-corrected chi connectivity index (χ2v) is 6.00. The van der Waals surface area contributed by atoms with Crippen LogP contribution in [0.2, 0.25) is 0 Å². The predicted octanol–water partition coefficient (Wildman–Crippen LogP) is 2.40. The summed E-state index contributed by atoms with van der Waals surface area (Å²) >= 11 is 1.77. The van der Waals surface area contributed by atoms with Crippen molar-refractivity contribution in [1.82, 2.24) is 10.3 Å². The van der Waals surface area contributed by atoms with Crippen LogP contribution in [0.15, 0.2) is 30.5 Å². The molecule has 0 fully saturated rings. The van der Waals surface area contributed by atoms with Crippen LogP contribution in [0.5, 0.6) is 0 Å². The molecular weight excluding hydrogens is 270 g/mol. The number of hydrogen-bond donors (Lipinski definition) is 1. The molecule has 0 atom stereocenters. The Morgan fingerprint density at radius 1 is 1.30 bits per heavy atom. The van der Waals surface area contributed by atoms with Crippen LogP contribution in [-0.4, -0.2) is 25.2 Å². The predicted molar refractivity (Wildman–Crippen MR) is 82.0 cm³/mol. The van der Waals surface area contributed by atoms with E-state index in [4.69, 9.17) is 4.74 Å². The average molecular weight is 289 g/mol. The third kappa shape index (κ3) is 3.00. The maximum Gasteiger partial charge on any atom is 0.186 e. The molecule has 1 aliphatic rings. The van der Waals surface area contributed by atoms with Gasteiger partial charge in [0.25, 0.3) is 0 Å². The van der Waals surface area contributed by atoms with Crippen molar-refractivity contribution in [3.8, 4) is 0 Å². The van der Waals surface area contributed by atoms with Crippen molar-refractivity contribution in [1.29, 1.82) is 0 Å². The lowest BCUT2D eigenvalue weighted by molar-refractivity contribution is 0.199. The third-order valence-corrected chi connectivity index (χ3v) is 4.49. The molecule has 1 N–H and O–H groups in total. The van der Waals surface area contributed by atoms with Gasteiger partial charge in [0.1, 0.15) is 0 Å². The van der Waals surface area contributed by atoms with E-state index < -0.39 is 0 Å². The fourth-order valence-electron chi connectivity index (χ4n) is 2.38. The van der Waals surface area contributed by atoms with Gasteiger partial charge in [-0.1, -0.05) is 24.3 Å². The van der Waals surface area contributed by atoms with Gasteiger partial charge in [-0.15, -0.1) is 11.3 Å². The molecule has 0 radical (unpaired) electrons. The van der Waals surface area contributed by atoms with Crippen molar-refractivity contribution < 1.29 is 4.74 Å². The van der Waals surface area contributed by atoms with E-state index in [0.29, 0.717) is 0 Å². The van der Waals surface area contributed by atoms with E-state index in [0.717, 1.165) is 37.9 Å². The van der Waals surface area contributed by atoms with Crippen molar-refractivity contribution in [2.75, 3.05) is 25.2 Å². The summed E-state index contributed by atoms with van der Waals surface area (Å²) in [6.07, 6.45) is 1.97. The van der Waals surface area contributed by atoms with Crippen LogP contribution in [0.1, 0.15) is 16.0 Å². The molecule has 3 rings (SSSR count). The largest absolute Gasteiger partial charge is 0.383 e. The van der Waals surface area contributed by atoms with Gasteiger partial charge in [0.05, 0.1) is 6.61 Å². The quantitative estimate of drug-likeness (QED) is 0.829. The highest BCUT2D eigenvalue weighted by Crippen LogP contribution is 2.30. The summed E-state index contributed by atoms with van der Waals surface area (Å²) < 4.78 is 5.02. The van der Waals surface area contributed by atoms with Crippen LogP contribution in [0.3, 0.4) is 0 Å². The number of ether oxygens (including phenoxy) is 1. The summed E-state index contributed by atoms with van der Waals surface area (Å²) in [5, 5.41) is 4.47. The van der Waals surface area contributed by atoms with Crippen LogP contribution >= 0.6 is 11.3 Å². The van der Waals surface area contributed by atoms with Gasteiger partial charge in [0, 0.05) is 44.4 Å². The van der Waals surface area contributed by atoms with Gasteiger partial charge in [-0.25, -0.2) is 4.98 Å². The number of fused-ring (bicyclic) bond motifs is 1. The lowest BCUT2D eigenvalue weighted by atomic mass is 10.1. The fraction of sp³-hybridized carbons (Fsp3) is 0.400. The third-order valence-electron chi connectivity index (χ3n) is 3.43. The van der Waals surface area contributed by atoms with E-state index in [-0.39, 0.29) is 0 Å². The first-order valence-corrected chi connectivity index (χ1v) is 7.64. The van der Waals surface area contributed by atoms with Crippen molar-refractivity contribution in [2.45, 2.75) is 19.6 Å². The Bertz CT molecular complexity index is 545. The summed E-state index contributed by atoms with van der Waals surface area (Å²) in [6.45, 7) is 4.42. The zero-order chi connectivity index (χ0) is 13.8. The van der Waals surface area contributed by atoms with Gasteiger partial charge in [-0.05, 0) is 11.1 Å². The Morgan fingerprint density at radius 2 is 2.05 bits per heavy atom. The molecule has 0 saturated heterocycles. The standard InChI is InChI=1S/C15H19N3OS/c1-19-7-6-16-8-14-9-17-15(20-14)18-10-12-4-2-3-5-13(12)11-18/h2-5,9,16H,6-8,10-11H2,1H3. The van der Waals surface area contributed by atoms with Crippen molar-refractivity contribution >= 4 is 16.5 Å². The Kier molecular flexibility index (Phi) is 4.30. The van der Waals surface area contributed by atoms with Crippen molar-refractivity contribution in [3.05, 3.63) is 46.5 Å². The summed E-state index contributed by atoms with van der Waals surface area (Å²) in [6, 6.07) is 8.62. The summed E-state index contributed by atoms with van der Waals surface area (Å²) in [4.78, 5) is 8.17. The van der Waals surface area contributed by atoms with E-state index in [1.165, 1.54) is 16.0 Å². The van der Waals surface area contributed by atoms with Gasteiger partial charge >= 0.3 is 0 Å². The smallest absolute Gasteiger partial charge is 0.186 e. The van der Waals surface area contributed by atoms with E-state index in [9.17, 15) is 0 Å². The molecule has 20 heavy (non-hydrogen) atoms. The molecule has 1 aliphatic heterocycles. The average Bonchev–Trinajstić information content (AvgIpc) is 3.09. The van der Waals surface area contributed by atoms with Crippen LogP contribution in [0, 0.1) is 0 Å². The van der Waals surface area contributed by atoms with E-state index in [1.807, 2.05) is 6.20 Å². The SMILES string of the molecule is COCCNCc1cnc(N2Cc3ccccc3C2)s1. The molecule has 0 unspecified atom stereocenters. The summed E-state index contributed by atoms with van der Waals surface area (Å²) in [7, 11) is 1.72. The fourth-order valence-corrected chi connectivity index (χ4v) is 3.26. The second-order valence-electron chi connectivity index (χ2n) is 4.90. The highest BCUT2D eigenvalue weighted by Gasteiger charge is 2.20. The number of hydrogen-bond acceptors (Lipinski definition) is 5. The van der Waals surface area contributed by atoms with E-state index in [2.05, 4.69) is 39.5 Å². The molecule has 0 aliphatic carbocycles. The van der Waals surface area contributed by atoms with Gasteiger partial charge in [-0.2, -0.15) is 0 Å². The van der Waals surface area contributed by atoms with Gasteiger partial charge in [-0.3, -0.25) is 0 Å². The Hall–Kier alpha value is -1.43. The van der Waals surface area contributed by atoms with E-state index in [1.54, 1.807) is 18.4 Å². The number of benzene rings is 1. The Balaban J connectivity index is 1.58. The maximum atomic E-state index is 5.02. The van der Waals surface area contributed by atoms with Crippen LogP contribution < -0.4 is 10.2 Å². The molecule has 2 heterocycles. The van der Waals surface area contributed by atoms with Crippen molar-refractivity contribution in [2.24, 2.45) is 0 Å². The summed E-state index contributed by atoms with van der Waals surface area (Å²) in [5.41, 5.74) is 2.84. The number of nitrogens with zero attached hydrogens (tertiary/aromatic N) is 2. The highest BCUT2D eigenvalue weighted by atomic mass is 32.1. The van der Waals surface area contributed by atoms with Gasteiger partial charge in [0.15, 0.2) is 5.13 Å². The van der Waals surface area contributed by atoms with Crippen molar-refractivity contribution in [3.63, 3.8) is 0 Å². The molecule has 0 amide bonds. The first-order chi connectivity index (χ1) is 9.86. The highest BCUT2D eigenvalue weighted by molar-refractivity contribution is 7.15. The van der Waals surface area contributed by atoms with Gasteiger partial charge < -0.3 is 15.0 Å². The molecule has 0 bridgehead atoms. The molecule has 0 spiro atoms. The monoisotopic (exact) mass is 289 g/mol. The normalized spacial score (nSPS) is 13.8. The maximum absolute atomic E-state index is 5.02. The minimum atomic E-state index is 0.743. The topological polar surface area (TPSA) is 37.4 Å². The molecular formula is C15H19N3OS. The first kappa shape index (κ1) is 13.5. The Morgan fingerprint density at radius 3 is 2.75 bits per heavy atom. The molecule has 0 saturated carbocycles. The first-order valence-electron chi connectivity index (χ1n) is 6.83. The molecule has 5 heteroatoms. The second kappa shape index (κ2) is 6.35. The lowest BCUT2D eigenvalue weighted by Gasteiger charge is -2.12. The Labute approximate surface area is 123 Å². The molecule has 4 nitrogen and oxygen atoms in total. The minimum absolute atomic E-state index is 0.743. The van der Waals surface area contributed by atoms with Crippen LogP contribution in [-0.2, 0) is 24.4 Å².